The van der Waals surface area contributed by atoms with Crippen LogP contribution in [0.1, 0.15) is 11.3 Å². The second-order valence-electron chi connectivity index (χ2n) is 3.89. The van der Waals surface area contributed by atoms with Gasteiger partial charge in [-0.1, -0.05) is 6.07 Å². The van der Waals surface area contributed by atoms with Gasteiger partial charge < -0.3 is 5.11 Å². The van der Waals surface area contributed by atoms with Gasteiger partial charge in [0.05, 0.1) is 21.4 Å². The van der Waals surface area contributed by atoms with Gasteiger partial charge in [0.25, 0.3) is 0 Å². The zero-order valence-electron chi connectivity index (χ0n) is 9.65. The van der Waals surface area contributed by atoms with Crippen molar-refractivity contribution in [3.63, 3.8) is 0 Å². The molecule has 0 spiro atoms. The average molecular weight is 335 g/mol. The molecule has 0 saturated heterocycles. The van der Waals surface area contributed by atoms with Gasteiger partial charge in [-0.25, -0.2) is 4.68 Å². The van der Waals surface area contributed by atoms with Crippen LogP contribution < -0.4 is 0 Å². The second kappa shape index (κ2) is 5.34. The minimum Gasteiger partial charge on any atom is -0.396 e. The van der Waals surface area contributed by atoms with E-state index in [2.05, 4.69) is 21.0 Å². The van der Waals surface area contributed by atoms with Gasteiger partial charge in [0, 0.05) is 19.2 Å². The van der Waals surface area contributed by atoms with E-state index in [9.17, 15) is 13.2 Å². The molecule has 2 aromatic rings. The van der Waals surface area contributed by atoms with Crippen LogP contribution in [-0.2, 0) is 12.6 Å². The van der Waals surface area contributed by atoms with Crippen molar-refractivity contribution in [2.45, 2.75) is 12.6 Å². The Balaban J connectivity index is 2.39. The molecule has 0 aliphatic rings. The van der Waals surface area contributed by atoms with E-state index in [1.54, 1.807) is 6.20 Å². The second-order valence-corrected chi connectivity index (χ2v) is 4.74. The number of rotatable bonds is 3. The van der Waals surface area contributed by atoms with E-state index in [-0.39, 0.29) is 6.61 Å². The van der Waals surface area contributed by atoms with Crippen LogP contribution in [0.4, 0.5) is 13.2 Å². The average Bonchev–Trinajstić information content (AvgIpc) is 2.71. The summed E-state index contributed by atoms with van der Waals surface area (Å²) in [6.45, 7) is -0.0712. The Morgan fingerprint density at radius 1 is 1.32 bits per heavy atom. The van der Waals surface area contributed by atoms with Crippen LogP contribution in [0.5, 0.6) is 0 Å². The molecule has 102 valence electrons. The summed E-state index contributed by atoms with van der Waals surface area (Å²) in [4.78, 5) is 0. The summed E-state index contributed by atoms with van der Waals surface area (Å²) in [7, 11) is 0. The third kappa shape index (κ3) is 3.16. The first-order chi connectivity index (χ1) is 8.91. The highest BCUT2D eigenvalue weighted by Gasteiger charge is 2.30. The first kappa shape index (κ1) is 14.1. The Kier molecular flexibility index (Phi) is 3.96. The number of benzene rings is 1. The Morgan fingerprint density at radius 2 is 2.05 bits per heavy atom. The lowest BCUT2D eigenvalue weighted by molar-refractivity contribution is -0.137. The zero-order valence-corrected chi connectivity index (χ0v) is 11.2. The lowest BCUT2D eigenvalue weighted by atomic mass is 10.2. The van der Waals surface area contributed by atoms with Crippen molar-refractivity contribution in [3.8, 4) is 5.69 Å². The number of hydrogen-bond donors (Lipinski definition) is 1. The quantitative estimate of drug-likeness (QED) is 0.936. The molecule has 0 fully saturated rings. The lowest BCUT2D eigenvalue weighted by Crippen LogP contribution is -2.06. The van der Waals surface area contributed by atoms with Crippen molar-refractivity contribution in [1.82, 2.24) is 9.78 Å². The molecule has 19 heavy (non-hydrogen) atoms. The van der Waals surface area contributed by atoms with Crippen molar-refractivity contribution in [3.05, 3.63) is 46.2 Å². The van der Waals surface area contributed by atoms with E-state index < -0.39 is 11.7 Å². The van der Waals surface area contributed by atoms with E-state index in [1.165, 1.54) is 16.8 Å². The lowest BCUT2D eigenvalue weighted by Gasteiger charge is -2.08. The van der Waals surface area contributed by atoms with E-state index in [4.69, 9.17) is 5.11 Å². The molecular weight excluding hydrogens is 325 g/mol. The third-order valence-corrected chi connectivity index (χ3v) is 3.19. The normalized spacial score (nSPS) is 11.8. The molecule has 1 heterocycles. The fourth-order valence-electron chi connectivity index (χ4n) is 1.62. The molecule has 0 atom stereocenters. The highest BCUT2D eigenvalue weighted by molar-refractivity contribution is 9.10. The maximum atomic E-state index is 12.6. The SMILES string of the molecule is OCCc1nn(-c2cccc(C(F)(F)F)c2)cc1Br. The van der Waals surface area contributed by atoms with Gasteiger partial charge in [-0.15, -0.1) is 0 Å². The van der Waals surface area contributed by atoms with Crippen molar-refractivity contribution in [2.24, 2.45) is 0 Å². The Bertz CT molecular complexity index is 581. The summed E-state index contributed by atoms with van der Waals surface area (Å²) in [5.74, 6) is 0. The maximum Gasteiger partial charge on any atom is 0.416 e. The van der Waals surface area contributed by atoms with Crippen LogP contribution >= 0.6 is 15.9 Å². The van der Waals surface area contributed by atoms with Gasteiger partial charge in [-0.3, -0.25) is 0 Å². The predicted molar refractivity (Wildman–Crippen MR) is 67.1 cm³/mol. The highest BCUT2D eigenvalue weighted by Crippen LogP contribution is 2.30. The van der Waals surface area contributed by atoms with Crippen LogP contribution in [0, 0.1) is 0 Å². The van der Waals surface area contributed by atoms with Crippen LogP contribution in [0.2, 0.25) is 0 Å². The molecular formula is C12H10BrF3N2O. The van der Waals surface area contributed by atoms with Gasteiger partial charge in [0.2, 0.25) is 0 Å². The van der Waals surface area contributed by atoms with Crippen LogP contribution in [-0.4, -0.2) is 21.5 Å². The number of hydrogen-bond acceptors (Lipinski definition) is 2. The number of aliphatic hydroxyl groups is 1. The zero-order chi connectivity index (χ0) is 14.0. The molecule has 2 rings (SSSR count). The molecule has 7 heteroatoms. The summed E-state index contributed by atoms with van der Waals surface area (Å²) in [5, 5.41) is 13.0. The van der Waals surface area contributed by atoms with Crippen LogP contribution in [0.3, 0.4) is 0 Å². The van der Waals surface area contributed by atoms with E-state index >= 15 is 0 Å². The summed E-state index contributed by atoms with van der Waals surface area (Å²) in [5.41, 5.74) is 0.194. The largest absolute Gasteiger partial charge is 0.416 e. The maximum absolute atomic E-state index is 12.6. The van der Waals surface area contributed by atoms with Gasteiger partial charge in [-0.2, -0.15) is 18.3 Å². The Labute approximate surface area is 115 Å². The number of nitrogens with zero attached hydrogens (tertiary/aromatic N) is 2. The monoisotopic (exact) mass is 334 g/mol. The fourth-order valence-corrected chi connectivity index (χ4v) is 2.09. The molecule has 0 bridgehead atoms. The molecule has 1 aromatic heterocycles. The summed E-state index contributed by atoms with van der Waals surface area (Å²) >= 11 is 3.26. The predicted octanol–water partition coefficient (Wildman–Crippen LogP) is 3.19. The molecule has 0 aliphatic carbocycles. The first-order valence-corrected chi connectivity index (χ1v) is 6.23. The van der Waals surface area contributed by atoms with Crippen LogP contribution in [0.25, 0.3) is 5.69 Å². The number of aliphatic hydroxyl groups excluding tert-OH is 1. The molecule has 0 unspecified atom stereocenters. The van der Waals surface area contributed by atoms with E-state index in [1.807, 2.05) is 0 Å². The van der Waals surface area contributed by atoms with E-state index in [0.717, 1.165) is 12.1 Å². The molecule has 0 amide bonds. The number of halogens is 4. The van der Waals surface area contributed by atoms with Gasteiger partial charge >= 0.3 is 6.18 Å². The van der Waals surface area contributed by atoms with Crippen molar-refractivity contribution in [2.75, 3.05) is 6.61 Å². The van der Waals surface area contributed by atoms with Crippen molar-refractivity contribution >= 4 is 15.9 Å². The Morgan fingerprint density at radius 3 is 2.68 bits per heavy atom. The number of aromatic nitrogens is 2. The smallest absolute Gasteiger partial charge is 0.396 e. The standard InChI is InChI=1S/C12H10BrF3N2O/c13-10-7-18(17-11(10)4-5-19)9-3-1-2-8(6-9)12(14,15)16/h1-3,6-7,19H,4-5H2. The van der Waals surface area contributed by atoms with E-state index in [0.29, 0.717) is 22.3 Å². The minimum atomic E-state index is -4.38. The van der Waals surface area contributed by atoms with Gasteiger partial charge in [0.15, 0.2) is 0 Å². The molecule has 3 nitrogen and oxygen atoms in total. The fraction of sp³-hybridized carbons (Fsp3) is 0.250. The highest BCUT2D eigenvalue weighted by atomic mass is 79.9. The molecule has 1 N–H and O–H groups in total. The summed E-state index contributed by atoms with van der Waals surface area (Å²) in [6.07, 6.45) is -2.47. The minimum absolute atomic E-state index is 0.0712. The van der Waals surface area contributed by atoms with Gasteiger partial charge in [0.1, 0.15) is 0 Å². The van der Waals surface area contributed by atoms with Crippen LogP contribution in [0.15, 0.2) is 34.9 Å². The first-order valence-electron chi connectivity index (χ1n) is 5.44. The summed E-state index contributed by atoms with van der Waals surface area (Å²) < 4.78 is 39.9. The van der Waals surface area contributed by atoms with Crippen molar-refractivity contribution in [1.29, 1.82) is 0 Å². The molecule has 0 aliphatic heterocycles. The van der Waals surface area contributed by atoms with Crippen molar-refractivity contribution < 1.29 is 18.3 Å². The van der Waals surface area contributed by atoms with Gasteiger partial charge in [-0.05, 0) is 34.1 Å². The Hall–Kier alpha value is -1.34. The third-order valence-electron chi connectivity index (χ3n) is 2.53. The molecule has 1 aromatic carbocycles. The molecule has 0 radical (unpaired) electrons. The summed E-state index contributed by atoms with van der Waals surface area (Å²) in [6, 6.07) is 4.91. The number of alkyl halides is 3. The molecule has 0 saturated carbocycles. The topological polar surface area (TPSA) is 38.1 Å².